The minimum absolute atomic E-state index is 0.0779. The molecule has 0 saturated heterocycles. The molecule has 0 radical (unpaired) electrons. The molecule has 0 aromatic heterocycles. The van der Waals surface area contributed by atoms with Crippen LogP contribution in [-0.4, -0.2) is 78.4 Å². The summed E-state index contributed by atoms with van der Waals surface area (Å²) in [4.78, 5) is 23.7. The van der Waals surface area contributed by atoms with Gasteiger partial charge < -0.3 is 33.7 Å². The van der Waals surface area contributed by atoms with E-state index in [2.05, 4.69) is 20.8 Å². The van der Waals surface area contributed by atoms with Crippen molar-refractivity contribution in [3.05, 3.63) is 0 Å². The first-order valence-corrected chi connectivity index (χ1v) is 16.5. The summed E-state index contributed by atoms with van der Waals surface area (Å²) in [6.45, 7) is 7.22. The van der Waals surface area contributed by atoms with Crippen LogP contribution in [0.3, 0.4) is 0 Å². The number of phosphoric ester groups is 1. The van der Waals surface area contributed by atoms with Gasteiger partial charge in [-0.25, -0.2) is 0 Å². The average molecular weight is 574 g/mol. The fourth-order valence-electron chi connectivity index (χ4n) is 9.40. The molecule has 9 nitrogen and oxygen atoms in total. The first-order chi connectivity index (χ1) is 18.0. The van der Waals surface area contributed by atoms with Crippen molar-refractivity contribution in [2.45, 2.75) is 96.9 Å². The number of quaternary nitrogens is 1. The number of phosphoric acid groups is 1. The van der Waals surface area contributed by atoms with Crippen molar-refractivity contribution in [2.24, 2.45) is 46.3 Å². The zero-order chi connectivity index (χ0) is 29.0. The summed E-state index contributed by atoms with van der Waals surface area (Å²) in [6, 6.07) is 0. The second kappa shape index (κ2) is 11.3. The van der Waals surface area contributed by atoms with Crippen molar-refractivity contribution in [1.29, 1.82) is 0 Å². The lowest BCUT2D eigenvalue weighted by Gasteiger charge is -2.63. The summed E-state index contributed by atoms with van der Waals surface area (Å²) in [5.41, 5.74) is -0.432. The van der Waals surface area contributed by atoms with Gasteiger partial charge in [0.2, 0.25) is 0 Å². The number of carbonyl (C=O) groups is 1. The maximum atomic E-state index is 12.6. The first kappa shape index (κ1) is 31.4. The molecule has 226 valence electrons. The molecule has 12 atom stereocenters. The third-order valence-corrected chi connectivity index (χ3v) is 12.7. The number of aliphatic hydroxyl groups excluding tert-OH is 2. The van der Waals surface area contributed by atoms with Gasteiger partial charge in [0.1, 0.15) is 13.2 Å². The molecular formula is C29H52NO8P. The Balaban J connectivity index is 1.45. The van der Waals surface area contributed by atoms with Gasteiger partial charge in [0.25, 0.3) is 7.82 Å². The average Bonchev–Trinajstić information content (AvgIpc) is 3.16. The number of hydrogen-bond acceptors (Lipinski definition) is 7. The van der Waals surface area contributed by atoms with E-state index >= 15 is 0 Å². The maximum absolute atomic E-state index is 12.6. The Morgan fingerprint density at radius 3 is 2.44 bits per heavy atom. The molecule has 0 spiro atoms. The van der Waals surface area contributed by atoms with Crippen LogP contribution in [0.1, 0.15) is 78.6 Å². The predicted molar refractivity (Wildman–Crippen MR) is 145 cm³/mol. The van der Waals surface area contributed by atoms with Gasteiger partial charge in [0, 0.05) is 6.42 Å². The van der Waals surface area contributed by atoms with Gasteiger partial charge in [0.15, 0.2) is 0 Å². The molecule has 1 unspecified atom stereocenters. The maximum Gasteiger partial charge on any atom is 0.303 e. The lowest BCUT2D eigenvalue weighted by Crippen LogP contribution is -2.62. The Morgan fingerprint density at radius 1 is 1.10 bits per heavy atom. The Kier molecular flexibility index (Phi) is 9.08. The largest absolute Gasteiger partial charge is 0.756 e. The number of carboxylic acid groups (broad SMARTS) is 1. The minimum atomic E-state index is -4.42. The lowest BCUT2D eigenvalue weighted by molar-refractivity contribution is -0.870. The predicted octanol–water partition coefficient (Wildman–Crippen LogP) is 3.66. The molecule has 3 N–H and O–H groups in total. The molecule has 39 heavy (non-hydrogen) atoms. The second-order valence-corrected chi connectivity index (χ2v) is 16.2. The van der Waals surface area contributed by atoms with Crippen LogP contribution < -0.4 is 4.89 Å². The highest BCUT2D eigenvalue weighted by Crippen LogP contribution is 2.68. The van der Waals surface area contributed by atoms with Crippen molar-refractivity contribution in [3.63, 3.8) is 0 Å². The lowest BCUT2D eigenvalue weighted by atomic mass is 9.43. The summed E-state index contributed by atoms with van der Waals surface area (Å²) < 4.78 is 23.8. The van der Waals surface area contributed by atoms with Crippen LogP contribution in [0.5, 0.6) is 0 Å². The number of carboxylic acids is 1. The number of aliphatic carboxylic acids is 1. The van der Waals surface area contributed by atoms with Crippen molar-refractivity contribution in [3.8, 4) is 0 Å². The van der Waals surface area contributed by atoms with Crippen LogP contribution in [0.4, 0.5) is 0 Å². The Morgan fingerprint density at radius 2 is 1.79 bits per heavy atom. The third kappa shape index (κ3) is 6.30. The SMILES string of the molecule is C[C@H](CCC(=O)O)[C@H]1CC[C@H]2[C@@H]3[C@H](O)C[C@@H]4C[C@H](OP(=O)([O-])OCC[N+](C)(C)C)CC[C@]4(C)[C@H]3C[C@H](O)[C@]12C. The summed E-state index contributed by atoms with van der Waals surface area (Å²) in [5, 5.41) is 32.5. The van der Waals surface area contributed by atoms with Gasteiger partial charge >= 0.3 is 5.97 Å². The van der Waals surface area contributed by atoms with Crippen LogP contribution >= 0.6 is 7.82 Å². The molecule has 0 heterocycles. The van der Waals surface area contributed by atoms with Crippen LogP contribution in [0.25, 0.3) is 0 Å². The summed E-state index contributed by atoms with van der Waals surface area (Å²) in [7, 11) is 1.50. The Labute approximate surface area is 234 Å². The molecule has 4 saturated carbocycles. The molecular weight excluding hydrogens is 521 g/mol. The number of fused-ring (bicyclic) bond motifs is 5. The summed E-state index contributed by atoms with van der Waals surface area (Å²) in [6.07, 6.45) is 4.41. The summed E-state index contributed by atoms with van der Waals surface area (Å²) in [5.74, 6) is 0.223. The van der Waals surface area contributed by atoms with E-state index in [1.807, 2.05) is 21.1 Å². The van der Waals surface area contributed by atoms with Gasteiger partial charge in [-0.2, -0.15) is 0 Å². The van der Waals surface area contributed by atoms with Crippen LogP contribution in [0.15, 0.2) is 0 Å². The molecule has 0 aromatic carbocycles. The van der Waals surface area contributed by atoms with E-state index in [9.17, 15) is 29.6 Å². The van der Waals surface area contributed by atoms with Crippen molar-refractivity contribution in [2.75, 3.05) is 34.3 Å². The number of nitrogens with zero attached hydrogens (tertiary/aromatic N) is 1. The Bertz CT molecular complexity index is 941. The van der Waals surface area contributed by atoms with Gasteiger partial charge in [-0.05, 0) is 97.7 Å². The Hall–Kier alpha value is -0.540. The molecule has 0 bridgehead atoms. The normalized spacial score (nSPS) is 44.5. The number of hydrogen-bond donors (Lipinski definition) is 3. The smallest absolute Gasteiger partial charge is 0.303 e. The highest BCUT2D eigenvalue weighted by Gasteiger charge is 2.65. The van der Waals surface area contributed by atoms with Crippen LogP contribution in [0, 0.1) is 46.3 Å². The van der Waals surface area contributed by atoms with Gasteiger partial charge in [-0.15, -0.1) is 0 Å². The number of likely N-dealkylation sites (N-methyl/N-ethyl adjacent to an activating group) is 1. The third-order valence-electron chi connectivity index (χ3n) is 11.6. The summed E-state index contributed by atoms with van der Waals surface area (Å²) >= 11 is 0. The van der Waals surface area contributed by atoms with E-state index < -0.39 is 32.1 Å². The van der Waals surface area contributed by atoms with E-state index in [0.717, 1.165) is 19.3 Å². The minimum Gasteiger partial charge on any atom is -0.756 e. The molecule has 0 aromatic rings. The van der Waals surface area contributed by atoms with E-state index in [0.29, 0.717) is 43.1 Å². The fraction of sp³-hybridized carbons (Fsp3) is 0.966. The molecule has 4 rings (SSSR count). The standard InChI is InChI=1S/C29H52NO8P/c1-18(7-10-26(33)34)21-8-9-22-27-23(17-25(32)29(21,22)3)28(2)12-11-20(15-19(28)16-24(27)31)38-39(35,36)37-14-13-30(4,5)6/h18-25,27,31-32H,7-17H2,1-6H3,(H-,33,34,35,36)/t18-,19+,20-,21-,22+,23+,24-,25+,27+,28+,29-/m1/s1. The zero-order valence-electron chi connectivity index (χ0n) is 24.8. The molecule has 0 aliphatic heterocycles. The first-order valence-electron chi connectivity index (χ1n) is 15.0. The monoisotopic (exact) mass is 573 g/mol. The zero-order valence-corrected chi connectivity index (χ0v) is 25.6. The number of aliphatic hydroxyl groups is 2. The second-order valence-electron chi connectivity index (χ2n) is 14.8. The molecule has 10 heteroatoms. The van der Waals surface area contributed by atoms with Crippen LogP contribution in [-0.2, 0) is 18.4 Å². The van der Waals surface area contributed by atoms with Crippen molar-refractivity contribution < 1.29 is 43.1 Å². The van der Waals surface area contributed by atoms with Crippen molar-refractivity contribution >= 4 is 13.8 Å². The van der Waals surface area contributed by atoms with Crippen molar-refractivity contribution in [1.82, 2.24) is 0 Å². The van der Waals surface area contributed by atoms with E-state index in [1.54, 1.807) is 0 Å². The molecule has 4 fully saturated rings. The highest BCUT2D eigenvalue weighted by atomic mass is 31.2. The molecule has 4 aliphatic carbocycles. The van der Waals surface area contributed by atoms with Gasteiger partial charge in [0.05, 0.1) is 39.5 Å². The van der Waals surface area contributed by atoms with Gasteiger partial charge in [-0.1, -0.05) is 20.8 Å². The molecule has 0 amide bonds. The topological polar surface area (TPSA) is 136 Å². The van der Waals surface area contributed by atoms with E-state index in [-0.39, 0.29) is 59.4 Å². The van der Waals surface area contributed by atoms with Crippen LogP contribution in [0.2, 0.25) is 0 Å². The molecule has 4 aliphatic rings. The quantitative estimate of drug-likeness (QED) is 0.266. The fourth-order valence-corrected chi connectivity index (χ4v) is 10.3. The number of rotatable bonds is 10. The van der Waals surface area contributed by atoms with E-state index in [1.165, 1.54) is 0 Å². The van der Waals surface area contributed by atoms with Gasteiger partial charge in [-0.3, -0.25) is 9.36 Å². The van der Waals surface area contributed by atoms with E-state index in [4.69, 9.17) is 9.05 Å². The highest BCUT2D eigenvalue weighted by molar-refractivity contribution is 7.45.